The molecule has 2 rings (SSSR count). The van der Waals surface area contributed by atoms with Crippen LogP contribution in [0.3, 0.4) is 0 Å². The average molecular weight is 328 g/mol. The number of hydrogen-bond acceptors (Lipinski definition) is 6. The zero-order valence-electron chi connectivity index (χ0n) is 11.8. The Morgan fingerprint density at radius 1 is 1.48 bits per heavy atom. The van der Waals surface area contributed by atoms with Crippen LogP contribution in [0, 0.1) is 0 Å². The molecule has 0 atom stereocenters. The van der Waals surface area contributed by atoms with Gasteiger partial charge in [0.1, 0.15) is 11.5 Å². The van der Waals surface area contributed by atoms with Gasteiger partial charge >= 0.3 is 6.36 Å². The number of carbonyl (C=O) groups is 1. The van der Waals surface area contributed by atoms with E-state index in [-0.39, 0.29) is 23.0 Å². The van der Waals surface area contributed by atoms with Crippen molar-refractivity contribution in [2.75, 3.05) is 5.73 Å². The lowest BCUT2D eigenvalue weighted by molar-refractivity contribution is -0.274. The number of ether oxygens (including phenoxy) is 1. The molecule has 8 nitrogen and oxygen atoms in total. The maximum atomic E-state index is 12.3. The van der Waals surface area contributed by atoms with E-state index in [0.29, 0.717) is 0 Å². The van der Waals surface area contributed by atoms with Crippen molar-refractivity contribution in [1.29, 1.82) is 0 Å². The van der Waals surface area contributed by atoms with Gasteiger partial charge in [0.2, 0.25) is 5.91 Å². The number of hydrogen-bond donors (Lipinski definition) is 2. The molecule has 0 aliphatic heterocycles. The monoisotopic (exact) mass is 328 g/mol. The molecule has 3 N–H and O–H groups in total. The van der Waals surface area contributed by atoms with E-state index in [1.807, 2.05) is 0 Å². The standard InChI is InChI=1S/C12H11F3N6O2/c1-6(18-7(2)22)21-5-9(19-20-21)8-3-10(11(16)17-4-8)23-12(13,14)15/h3-5H,1H2,2H3,(H2,16,17)(H,18,22). The highest BCUT2D eigenvalue weighted by Crippen LogP contribution is 2.30. The van der Waals surface area contributed by atoms with Crippen molar-refractivity contribution in [3.63, 3.8) is 0 Å². The van der Waals surface area contributed by atoms with E-state index in [1.165, 1.54) is 19.3 Å². The van der Waals surface area contributed by atoms with Crippen molar-refractivity contribution in [2.45, 2.75) is 13.3 Å². The number of amides is 1. The minimum Gasteiger partial charge on any atom is -0.402 e. The summed E-state index contributed by atoms with van der Waals surface area (Å²) in [4.78, 5) is 14.6. The third-order valence-electron chi connectivity index (χ3n) is 2.49. The molecular formula is C12H11F3N6O2. The number of rotatable bonds is 4. The van der Waals surface area contributed by atoms with Gasteiger partial charge in [0.25, 0.3) is 0 Å². The molecule has 2 aromatic heterocycles. The van der Waals surface area contributed by atoms with Crippen LogP contribution in [-0.2, 0) is 4.79 Å². The van der Waals surface area contributed by atoms with E-state index in [2.05, 4.69) is 31.9 Å². The molecule has 0 unspecified atom stereocenters. The number of nitrogens with one attached hydrogen (secondary N) is 1. The second-order valence-corrected chi connectivity index (χ2v) is 4.33. The molecule has 0 fully saturated rings. The smallest absolute Gasteiger partial charge is 0.402 e. The zero-order chi connectivity index (χ0) is 17.2. The molecule has 0 saturated carbocycles. The molecule has 0 radical (unpaired) electrons. The minimum absolute atomic E-state index is 0.131. The number of aromatic nitrogens is 4. The SMILES string of the molecule is C=C(NC(C)=O)n1cc(-c2cnc(N)c(OC(F)(F)F)c2)nn1. The number of nitrogens with two attached hydrogens (primary N) is 1. The van der Waals surface area contributed by atoms with Crippen LogP contribution in [0.2, 0.25) is 0 Å². The molecular weight excluding hydrogens is 317 g/mol. The van der Waals surface area contributed by atoms with Crippen molar-refractivity contribution in [3.05, 3.63) is 25.0 Å². The summed E-state index contributed by atoms with van der Waals surface area (Å²) in [6, 6.07) is 1.03. The molecule has 122 valence electrons. The summed E-state index contributed by atoms with van der Waals surface area (Å²) >= 11 is 0. The number of nitrogen functional groups attached to an aromatic ring is 1. The average Bonchev–Trinajstić information content (AvgIpc) is 2.88. The van der Waals surface area contributed by atoms with Gasteiger partial charge in [0.15, 0.2) is 11.6 Å². The normalized spacial score (nSPS) is 11.1. The van der Waals surface area contributed by atoms with E-state index < -0.39 is 17.9 Å². The Hall–Kier alpha value is -3.11. The molecule has 0 aliphatic rings. The summed E-state index contributed by atoms with van der Waals surface area (Å²) in [5, 5.41) is 9.86. The first-order valence-corrected chi connectivity index (χ1v) is 6.06. The van der Waals surface area contributed by atoms with Gasteiger partial charge in [0, 0.05) is 18.7 Å². The van der Waals surface area contributed by atoms with Gasteiger partial charge in [-0.1, -0.05) is 11.8 Å². The number of pyridine rings is 1. The first kappa shape index (κ1) is 16.3. The summed E-state index contributed by atoms with van der Waals surface area (Å²) in [6.45, 7) is 4.86. The largest absolute Gasteiger partial charge is 0.573 e. The third-order valence-corrected chi connectivity index (χ3v) is 2.49. The van der Waals surface area contributed by atoms with E-state index in [9.17, 15) is 18.0 Å². The van der Waals surface area contributed by atoms with Gasteiger partial charge in [-0.25, -0.2) is 9.67 Å². The van der Waals surface area contributed by atoms with Crippen LogP contribution in [0.15, 0.2) is 25.0 Å². The molecule has 2 heterocycles. The molecule has 11 heteroatoms. The minimum atomic E-state index is -4.90. The first-order chi connectivity index (χ1) is 10.7. The Morgan fingerprint density at radius 2 is 2.17 bits per heavy atom. The highest BCUT2D eigenvalue weighted by atomic mass is 19.4. The number of halogens is 3. The summed E-state index contributed by atoms with van der Waals surface area (Å²) in [7, 11) is 0. The lowest BCUT2D eigenvalue weighted by Crippen LogP contribution is -2.21. The quantitative estimate of drug-likeness (QED) is 0.878. The van der Waals surface area contributed by atoms with Crippen LogP contribution in [0.1, 0.15) is 6.92 Å². The van der Waals surface area contributed by atoms with Crippen LogP contribution >= 0.6 is 0 Å². The Labute approximate surface area is 127 Å². The van der Waals surface area contributed by atoms with Crippen LogP contribution < -0.4 is 15.8 Å². The summed E-state index contributed by atoms with van der Waals surface area (Å²) in [5.74, 6) is -1.29. The van der Waals surface area contributed by atoms with E-state index in [0.717, 1.165) is 10.7 Å². The molecule has 0 saturated heterocycles. The van der Waals surface area contributed by atoms with Crippen molar-refractivity contribution in [3.8, 4) is 17.0 Å². The fourth-order valence-electron chi connectivity index (χ4n) is 1.59. The highest BCUT2D eigenvalue weighted by Gasteiger charge is 2.32. The van der Waals surface area contributed by atoms with Gasteiger partial charge in [-0.2, -0.15) is 0 Å². The summed E-state index contributed by atoms with van der Waals surface area (Å²) in [5.41, 5.74) is 5.73. The molecule has 23 heavy (non-hydrogen) atoms. The lowest BCUT2D eigenvalue weighted by Gasteiger charge is -2.10. The van der Waals surface area contributed by atoms with Gasteiger partial charge in [0.05, 0.1) is 6.20 Å². The molecule has 0 bridgehead atoms. The van der Waals surface area contributed by atoms with Crippen LogP contribution in [0.25, 0.3) is 17.1 Å². The summed E-state index contributed by atoms with van der Waals surface area (Å²) < 4.78 is 41.8. The summed E-state index contributed by atoms with van der Waals surface area (Å²) in [6.07, 6.45) is -2.33. The number of alkyl halides is 3. The van der Waals surface area contributed by atoms with Gasteiger partial charge in [-0.15, -0.1) is 18.3 Å². The third kappa shape index (κ3) is 4.18. The zero-order valence-corrected chi connectivity index (χ0v) is 11.8. The lowest BCUT2D eigenvalue weighted by atomic mass is 10.2. The first-order valence-electron chi connectivity index (χ1n) is 6.06. The van der Waals surface area contributed by atoms with Crippen molar-refractivity contribution in [2.24, 2.45) is 0 Å². The van der Waals surface area contributed by atoms with E-state index in [4.69, 9.17) is 5.73 Å². The Balaban J connectivity index is 2.29. The molecule has 1 amide bonds. The molecule has 2 aromatic rings. The fraction of sp³-hybridized carbons (Fsp3) is 0.167. The maximum Gasteiger partial charge on any atom is 0.573 e. The molecule has 0 spiro atoms. The predicted molar refractivity (Wildman–Crippen MR) is 73.5 cm³/mol. The Bertz CT molecular complexity index is 755. The van der Waals surface area contributed by atoms with Gasteiger partial charge in [-0.05, 0) is 6.07 Å². The van der Waals surface area contributed by atoms with Crippen LogP contribution in [-0.4, -0.2) is 32.2 Å². The van der Waals surface area contributed by atoms with Crippen molar-refractivity contribution in [1.82, 2.24) is 25.3 Å². The van der Waals surface area contributed by atoms with E-state index >= 15 is 0 Å². The topological polar surface area (TPSA) is 108 Å². The van der Waals surface area contributed by atoms with Gasteiger partial charge in [-0.3, -0.25) is 4.79 Å². The van der Waals surface area contributed by atoms with Gasteiger partial charge < -0.3 is 15.8 Å². The Kier molecular flexibility index (Phi) is 4.20. The number of carbonyl (C=O) groups excluding carboxylic acids is 1. The van der Waals surface area contributed by atoms with Crippen molar-refractivity contribution < 1.29 is 22.7 Å². The molecule has 0 aliphatic carbocycles. The number of anilines is 1. The maximum absolute atomic E-state index is 12.3. The fourth-order valence-corrected chi connectivity index (χ4v) is 1.59. The number of nitrogens with zero attached hydrogens (tertiary/aromatic N) is 4. The van der Waals surface area contributed by atoms with Crippen molar-refractivity contribution >= 4 is 17.5 Å². The van der Waals surface area contributed by atoms with Crippen LogP contribution in [0.4, 0.5) is 19.0 Å². The predicted octanol–water partition coefficient (Wildman–Crippen LogP) is 1.39. The van der Waals surface area contributed by atoms with E-state index in [1.54, 1.807) is 0 Å². The molecule has 0 aromatic carbocycles. The second kappa shape index (κ2) is 5.94. The second-order valence-electron chi connectivity index (χ2n) is 4.33. The highest BCUT2D eigenvalue weighted by molar-refractivity contribution is 5.79. The Morgan fingerprint density at radius 3 is 2.78 bits per heavy atom. The van der Waals surface area contributed by atoms with Crippen LogP contribution in [0.5, 0.6) is 5.75 Å².